The average molecular weight is 491 g/mol. The van der Waals surface area contributed by atoms with Gasteiger partial charge in [0.15, 0.2) is 12.4 Å². The van der Waals surface area contributed by atoms with Gasteiger partial charge in [0, 0.05) is 23.8 Å². The van der Waals surface area contributed by atoms with Gasteiger partial charge in [-0.25, -0.2) is 9.29 Å². The van der Waals surface area contributed by atoms with Crippen molar-refractivity contribution in [2.24, 2.45) is 0 Å². The molecule has 182 valence electrons. The van der Waals surface area contributed by atoms with Crippen LogP contribution in [0.4, 0.5) is 23.2 Å². The molecule has 0 fully saturated rings. The fourth-order valence-corrected chi connectivity index (χ4v) is 3.81. The Labute approximate surface area is 195 Å². The molecule has 3 aromatic rings. The lowest BCUT2D eigenvalue weighted by Gasteiger charge is -2.17. The molecule has 0 saturated carbocycles. The number of imide groups is 1. The molecule has 0 bridgehead atoms. The number of rotatable bonds is 6. The highest BCUT2D eigenvalue weighted by atomic mass is 19.4. The second-order valence-corrected chi connectivity index (χ2v) is 7.44. The highest BCUT2D eigenvalue weighted by Gasteiger charge is 2.45. The van der Waals surface area contributed by atoms with Crippen molar-refractivity contribution in [2.75, 3.05) is 18.1 Å². The quantitative estimate of drug-likeness (QED) is 0.208. The van der Waals surface area contributed by atoms with Crippen molar-refractivity contribution in [1.29, 1.82) is 0 Å². The summed E-state index contributed by atoms with van der Waals surface area (Å²) in [6, 6.07) is 9.07. The fraction of sp³-hybridized carbons (Fsp3) is 0.208. The molecular weight excluding hydrogens is 474 g/mol. The lowest BCUT2D eigenvalue weighted by Crippen LogP contribution is -2.30. The van der Waals surface area contributed by atoms with Crippen LogP contribution in [-0.4, -0.2) is 37.2 Å². The van der Waals surface area contributed by atoms with Gasteiger partial charge in [0.2, 0.25) is 0 Å². The van der Waals surface area contributed by atoms with Crippen LogP contribution in [0.3, 0.4) is 0 Å². The van der Waals surface area contributed by atoms with E-state index in [-0.39, 0.29) is 34.4 Å². The van der Waals surface area contributed by atoms with Gasteiger partial charge < -0.3 is 14.2 Å². The second kappa shape index (κ2) is 8.90. The van der Waals surface area contributed by atoms with E-state index < -0.39 is 53.4 Å². The van der Waals surface area contributed by atoms with Crippen LogP contribution >= 0.6 is 0 Å². The van der Waals surface area contributed by atoms with Crippen LogP contribution in [0.2, 0.25) is 0 Å². The third-order valence-electron chi connectivity index (χ3n) is 5.04. The molecule has 0 aliphatic carbocycles. The van der Waals surface area contributed by atoms with E-state index in [1.54, 1.807) is 13.0 Å². The number of hydrogen-bond donors (Lipinski definition) is 0. The molecule has 1 heterocycles. The van der Waals surface area contributed by atoms with E-state index >= 15 is 0 Å². The summed E-state index contributed by atoms with van der Waals surface area (Å²) in [4.78, 5) is 38.4. The Kier molecular flexibility index (Phi) is 6.10. The second-order valence-electron chi connectivity index (χ2n) is 7.44. The number of carbonyl (C=O) groups is 3. The first-order valence-electron chi connectivity index (χ1n) is 10.3. The summed E-state index contributed by atoms with van der Waals surface area (Å²) in [5.41, 5.74) is -1.29. The number of alkyl halides is 3. The van der Waals surface area contributed by atoms with Crippen LogP contribution in [0.5, 0.6) is 17.2 Å². The zero-order valence-electron chi connectivity index (χ0n) is 18.4. The van der Waals surface area contributed by atoms with E-state index in [1.807, 2.05) is 0 Å². The molecule has 7 nitrogen and oxygen atoms in total. The SMILES string of the molecule is CCOc1c2c(c(OCC(F)(F)F)c3ccccc13)C(=O)N(c1ccc(OC(C)=O)cc1F)C2=O. The summed E-state index contributed by atoms with van der Waals surface area (Å²) in [5.74, 6) is -4.53. The van der Waals surface area contributed by atoms with Crippen molar-refractivity contribution < 1.29 is 46.2 Å². The number of carbonyl (C=O) groups excluding carboxylic acids is 3. The number of fused-ring (bicyclic) bond motifs is 2. The van der Waals surface area contributed by atoms with Crippen molar-refractivity contribution >= 4 is 34.2 Å². The standard InChI is InChI=1S/C24H17F4NO6/c1-3-33-20-14-6-4-5-7-15(14)21(34-11-24(26,27)28)19-18(20)22(31)29(23(19)32)17-9-8-13(10-16(17)25)35-12(2)30/h4-10H,3,11H2,1-2H3. The fourth-order valence-electron chi connectivity index (χ4n) is 3.81. The Morgan fingerprint density at radius 1 is 0.943 bits per heavy atom. The van der Waals surface area contributed by atoms with Crippen LogP contribution in [-0.2, 0) is 4.79 Å². The molecule has 4 rings (SSSR count). The number of ether oxygens (including phenoxy) is 3. The molecule has 3 aromatic carbocycles. The van der Waals surface area contributed by atoms with Gasteiger partial charge in [0.05, 0.1) is 23.4 Å². The molecule has 2 amide bonds. The van der Waals surface area contributed by atoms with Crippen molar-refractivity contribution in [2.45, 2.75) is 20.0 Å². The predicted octanol–water partition coefficient (Wildman–Crippen LogP) is 5.04. The first-order valence-corrected chi connectivity index (χ1v) is 10.3. The molecule has 0 atom stereocenters. The van der Waals surface area contributed by atoms with Crippen LogP contribution in [0.15, 0.2) is 42.5 Å². The number of hydrogen-bond acceptors (Lipinski definition) is 6. The Morgan fingerprint density at radius 3 is 2.00 bits per heavy atom. The third-order valence-corrected chi connectivity index (χ3v) is 5.04. The zero-order chi connectivity index (χ0) is 25.5. The van der Waals surface area contributed by atoms with Crippen molar-refractivity contribution in [3.05, 3.63) is 59.4 Å². The largest absolute Gasteiger partial charge is 0.492 e. The number of esters is 1. The molecule has 0 saturated heterocycles. The molecule has 1 aliphatic rings. The molecule has 0 spiro atoms. The number of halogens is 4. The molecule has 35 heavy (non-hydrogen) atoms. The summed E-state index contributed by atoms with van der Waals surface area (Å²) in [5, 5.41) is 0.367. The van der Waals surface area contributed by atoms with Crippen molar-refractivity contribution in [3.63, 3.8) is 0 Å². The highest BCUT2D eigenvalue weighted by Crippen LogP contribution is 2.46. The first-order chi connectivity index (χ1) is 16.5. The van der Waals surface area contributed by atoms with E-state index in [0.29, 0.717) is 4.90 Å². The highest BCUT2D eigenvalue weighted by molar-refractivity contribution is 6.38. The van der Waals surface area contributed by atoms with Gasteiger partial charge >= 0.3 is 12.1 Å². The Bertz CT molecular complexity index is 1370. The van der Waals surface area contributed by atoms with Gasteiger partial charge in [-0.3, -0.25) is 14.4 Å². The molecule has 11 heteroatoms. The normalized spacial score (nSPS) is 13.3. The molecule has 1 aliphatic heterocycles. The van der Waals surface area contributed by atoms with E-state index in [0.717, 1.165) is 19.1 Å². The summed E-state index contributed by atoms with van der Waals surface area (Å²) in [6.45, 7) is 1.09. The lowest BCUT2D eigenvalue weighted by atomic mass is 9.99. The minimum absolute atomic E-state index is 0.0322. The molecular formula is C24H17F4NO6. The zero-order valence-corrected chi connectivity index (χ0v) is 18.4. The summed E-state index contributed by atoms with van der Waals surface area (Å²) in [7, 11) is 0. The van der Waals surface area contributed by atoms with Crippen molar-refractivity contribution in [1.82, 2.24) is 0 Å². The monoisotopic (exact) mass is 491 g/mol. The van der Waals surface area contributed by atoms with Gasteiger partial charge in [-0.05, 0) is 19.1 Å². The maximum atomic E-state index is 14.9. The number of nitrogens with zero attached hydrogens (tertiary/aromatic N) is 1. The van der Waals surface area contributed by atoms with E-state index in [2.05, 4.69) is 0 Å². The summed E-state index contributed by atoms with van der Waals surface area (Å²) in [6.07, 6.45) is -4.73. The maximum absolute atomic E-state index is 14.9. The van der Waals surface area contributed by atoms with Gasteiger partial charge in [-0.2, -0.15) is 13.2 Å². The van der Waals surface area contributed by atoms with Crippen LogP contribution in [0.25, 0.3) is 10.8 Å². The predicted molar refractivity (Wildman–Crippen MR) is 116 cm³/mol. The molecule has 0 aromatic heterocycles. The van der Waals surface area contributed by atoms with Gasteiger partial charge in [-0.1, -0.05) is 24.3 Å². The summed E-state index contributed by atoms with van der Waals surface area (Å²) < 4.78 is 69.3. The Balaban J connectivity index is 1.93. The molecule has 0 radical (unpaired) electrons. The van der Waals surface area contributed by atoms with Crippen LogP contribution in [0.1, 0.15) is 34.6 Å². The van der Waals surface area contributed by atoms with Gasteiger partial charge in [0.25, 0.3) is 11.8 Å². The number of benzene rings is 3. The van der Waals surface area contributed by atoms with Crippen LogP contribution < -0.4 is 19.1 Å². The lowest BCUT2D eigenvalue weighted by molar-refractivity contribution is -0.153. The third kappa shape index (κ3) is 4.36. The van der Waals surface area contributed by atoms with E-state index in [1.165, 1.54) is 24.3 Å². The molecule has 0 N–H and O–H groups in total. The van der Waals surface area contributed by atoms with Crippen molar-refractivity contribution in [3.8, 4) is 17.2 Å². The average Bonchev–Trinajstić information content (AvgIpc) is 3.03. The van der Waals surface area contributed by atoms with Gasteiger partial charge in [-0.15, -0.1) is 0 Å². The first kappa shape index (κ1) is 24.0. The summed E-state index contributed by atoms with van der Waals surface area (Å²) >= 11 is 0. The minimum atomic E-state index is -4.73. The number of anilines is 1. The maximum Gasteiger partial charge on any atom is 0.422 e. The smallest absolute Gasteiger partial charge is 0.422 e. The van der Waals surface area contributed by atoms with Crippen LogP contribution in [0, 0.1) is 5.82 Å². The Hall–Kier alpha value is -4.15. The number of amides is 2. The van der Waals surface area contributed by atoms with E-state index in [4.69, 9.17) is 14.2 Å². The topological polar surface area (TPSA) is 82.1 Å². The van der Waals surface area contributed by atoms with Gasteiger partial charge in [0.1, 0.15) is 17.2 Å². The Morgan fingerprint density at radius 2 is 1.51 bits per heavy atom. The minimum Gasteiger partial charge on any atom is -0.492 e. The molecule has 0 unspecified atom stereocenters. The van der Waals surface area contributed by atoms with E-state index in [9.17, 15) is 31.9 Å².